The number of ether oxygens (including phenoxy) is 2. The highest BCUT2D eigenvalue weighted by Crippen LogP contribution is 2.27. The quantitative estimate of drug-likeness (QED) is 0.885. The van der Waals surface area contributed by atoms with E-state index in [1.54, 1.807) is 21.1 Å². The summed E-state index contributed by atoms with van der Waals surface area (Å²) in [6.07, 6.45) is 0.181. The van der Waals surface area contributed by atoms with Gasteiger partial charge in [-0.15, -0.1) is 0 Å². The lowest BCUT2D eigenvalue weighted by Crippen LogP contribution is -2.24. The highest BCUT2D eigenvalue weighted by molar-refractivity contribution is 5.78. The minimum atomic E-state index is -0.117. The zero-order chi connectivity index (χ0) is 16.1. The smallest absolute Gasteiger partial charge is 0.227 e. The van der Waals surface area contributed by atoms with Gasteiger partial charge in [-0.3, -0.25) is 4.79 Å². The van der Waals surface area contributed by atoms with Crippen LogP contribution in [-0.2, 0) is 17.8 Å². The molecular formula is C16H20N2O4. The Bertz CT molecular complexity index is 664. The molecule has 0 bridgehead atoms. The van der Waals surface area contributed by atoms with E-state index in [0.717, 1.165) is 11.3 Å². The first-order valence-corrected chi connectivity index (χ1v) is 6.94. The summed E-state index contributed by atoms with van der Waals surface area (Å²) >= 11 is 0. The lowest BCUT2D eigenvalue weighted by molar-refractivity contribution is -0.120. The van der Waals surface area contributed by atoms with Crippen LogP contribution in [0.1, 0.15) is 22.9 Å². The molecule has 1 N–H and O–H groups in total. The van der Waals surface area contributed by atoms with Gasteiger partial charge in [0.2, 0.25) is 5.91 Å². The van der Waals surface area contributed by atoms with Crippen LogP contribution in [0.2, 0.25) is 0 Å². The van der Waals surface area contributed by atoms with Crippen LogP contribution in [-0.4, -0.2) is 25.1 Å². The van der Waals surface area contributed by atoms with Crippen molar-refractivity contribution >= 4 is 5.91 Å². The molecule has 0 aliphatic rings. The Morgan fingerprint density at radius 2 is 1.95 bits per heavy atom. The van der Waals surface area contributed by atoms with Gasteiger partial charge in [0.25, 0.3) is 0 Å². The number of nitrogens with zero attached hydrogens (tertiary/aromatic N) is 1. The van der Waals surface area contributed by atoms with Crippen molar-refractivity contribution in [1.82, 2.24) is 10.3 Å². The molecule has 2 rings (SSSR count). The number of benzene rings is 1. The molecule has 0 spiro atoms. The summed E-state index contributed by atoms with van der Waals surface area (Å²) in [7, 11) is 3.16. The maximum absolute atomic E-state index is 12.0. The number of hydrogen-bond acceptors (Lipinski definition) is 5. The largest absolute Gasteiger partial charge is 0.493 e. The number of carbonyl (C=O) groups excluding carboxylic acids is 1. The van der Waals surface area contributed by atoms with Gasteiger partial charge in [-0.2, -0.15) is 0 Å². The minimum Gasteiger partial charge on any atom is -0.493 e. The van der Waals surface area contributed by atoms with E-state index in [1.807, 2.05) is 25.1 Å². The van der Waals surface area contributed by atoms with Crippen LogP contribution in [0.5, 0.6) is 11.5 Å². The number of rotatable bonds is 6. The Morgan fingerprint density at radius 1 is 1.23 bits per heavy atom. The minimum absolute atomic E-state index is 0.117. The first kappa shape index (κ1) is 15.9. The number of methoxy groups -OCH3 is 2. The van der Waals surface area contributed by atoms with E-state index in [4.69, 9.17) is 13.9 Å². The van der Waals surface area contributed by atoms with Crippen molar-refractivity contribution in [2.24, 2.45) is 0 Å². The number of aryl methyl sites for hydroxylation is 2. The molecule has 6 heteroatoms. The van der Waals surface area contributed by atoms with E-state index < -0.39 is 0 Å². The molecule has 1 aromatic heterocycles. The molecule has 0 fully saturated rings. The van der Waals surface area contributed by atoms with Crippen LogP contribution in [0.25, 0.3) is 0 Å². The molecule has 2 aromatic rings. The Morgan fingerprint density at radius 3 is 2.55 bits per heavy atom. The van der Waals surface area contributed by atoms with Gasteiger partial charge in [0.1, 0.15) is 5.76 Å². The van der Waals surface area contributed by atoms with Gasteiger partial charge >= 0.3 is 0 Å². The van der Waals surface area contributed by atoms with Gasteiger partial charge in [-0.25, -0.2) is 4.98 Å². The van der Waals surface area contributed by atoms with Gasteiger partial charge in [-0.1, -0.05) is 6.07 Å². The van der Waals surface area contributed by atoms with Crippen molar-refractivity contribution < 1.29 is 18.7 Å². The fourth-order valence-corrected chi connectivity index (χ4v) is 2.14. The van der Waals surface area contributed by atoms with Gasteiger partial charge in [0.15, 0.2) is 17.4 Å². The van der Waals surface area contributed by atoms with Gasteiger partial charge in [-0.05, 0) is 24.6 Å². The molecule has 0 atom stereocenters. The summed E-state index contributed by atoms with van der Waals surface area (Å²) < 4.78 is 15.8. The van der Waals surface area contributed by atoms with Gasteiger partial charge in [0.05, 0.1) is 26.3 Å². The molecular weight excluding hydrogens is 284 g/mol. The third-order valence-electron chi connectivity index (χ3n) is 3.26. The predicted molar refractivity (Wildman–Crippen MR) is 81.1 cm³/mol. The SMILES string of the molecule is COc1ccc(CNC(=O)Cc2oc(C)nc2C)cc1OC. The normalized spacial score (nSPS) is 10.4. The molecule has 118 valence electrons. The number of nitrogens with one attached hydrogen (secondary N) is 1. The van der Waals surface area contributed by atoms with Gasteiger partial charge in [0, 0.05) is 13.5 Å². The molecule has 0 saturated carbocycles. The second-order valence-electron chi connectivity index (χ2n) is 4.88. The van der Waals surface area contributed by atoms with Crippen LogP contribution in [0.3, 0.4) is 0 Å². The molecule has 6 nitrogen and oxygen atoms in total. The van der Waals surface area contributed by atoms with Crippen LogP contribution in [0.4, 0.5) is 0 Å². The zero-order valence-electron chi connectivity index (χ0n) is 13.2. The molecule has 0 unspecified atom stereocenters. The Labute approximate surface area is 129 Å². The number of aromatic nitrogens is 1. The fraction of sp³-hybridized carbons (Fsp3) is 0.375. The Hall–Kier alpha value is -2.50. The van der Waals surface area contributed by atoms with Gasteiger partial charge < -0.3 is 19.2 Å². The summed E-state index contributed by atoms with van der Waals surface area (Å²) in [6, 6.07) is 5.53. The van der Waals surface area contributed by atoms with Crippen molar-refractivity contribution in [3.8, 4) is 11.5 Å². The molecule has 0 saturated heterocycles. The van der Waals surface area contributed by atoms with Crippen molar-refractivity contribution in [1.29, 1.82) is 0 Å². The summed E-state index contributed by atoms with van der Waals surface area (Å²) in [4.78, 5) is 16.1. The van der Waals surface area contributed by atoms with Crippen molar-refractivity contribution in [3.05, 3.63) is 41.1 Å². The van der Waals surface area contributed by atoms with Crippen molar-refractivity contribution in [2.75, 3.05) is 14.2 Å². The lowest BCUT2D eigenvalue weighted by atomic mass is 10.2. The van der Waals surface area contributed by atoms with Crippen LogP contribution < -0.4 is 14.8 Å². The zero-order valence-corrected chi connectivity index (χ0v) is 13.2. The van der Waals surface area contributed by atoms with E-state index in [9.17, 15) is 4.79 Å². The molecule has 0 aliphatic carbocycles. The lowest BCUT2D eigenvalue weighted by Gasteiger charge is -2.10. The number of carbonyl (C=O) groups is 1. The van der Waals surface area contributed by atoms with E-state index in [0.29, 0.717) is 29.7 Å². The monoisotopic (exact) mass is 304 g/mol. The average Bonchev–Trinajstić information content (AvgIpc) is 2.82. The third-order valence-corrected chi connectivity index (χ3v) is 3.26. The maximum atomic E-state index is 12.0. The summed E-state index contributed by atoms with van der Waals surface area (Å²) in [5.74, 6) is 2.35. The molecule has 1 aromatic carbocycles. The Kier molecular flexibility index (Phi) is 5.04. The summed E-state index contributed by atoms with van der Waals surface area (Å²) in [5.41, 5.74) is 1.68. The number of hydrogen-bond donors (Lipinski definition) is 1. The van der Waals surface area contributed by atoms with Crippen LogP contribution in [0, 0.1) is 13.8 Å². The maximum Gasteiger partial charge on any atom is 0.227 e. The van der Waals surface area contributed by atoms with E-state index in [1.165, 1.54) is 0 Å². The topological polar surface area (TPSA) is 73.6 Å². The highest BCUT2D eigenvalue weighted by Gasteiger charge is 2.12. The van der Waals surface area contributed by atoms with E-state index in [2.05, 4.69) is 10.3 Å². The second-order valence-corrected chi connectivity index (χ2v) is 4.88. The van der Waals surface area contributed by atoms with Crippen LogP contribution in [0.15, 0.2) is 22.6 Å². The first-order chi connectivity index (χ1) is 10.5. The molecule has 1 heterocycles. The standard InChI is InChI=1S/C16H20N2O4/c1-10-14(22-11(2)18-10)8-16(19)17-9-12-5-6-13(20-3)15(7-12)21-4/h5-7H,8-9H2,1-4H3,(H,17,19). The fourth-order valence-electron chi connectivity index (χ4n) is 2.14. The summed E-state index contributed by atoms with van der Waals surface area (Å²) in [5, 5.41) is 2.85. The van der Waals surface area contributed by atoms with E-state index >= 15 is 0 Å². The highest BCUT2D eigenvalue weighted by atomic mass is 16.5. The second kappa shape index (κ2) is 6.98. The summed E-state index contributed by atoms with van der Waals surface area (Å²) in [6.45, 7) is 4.00. The van der Waals surface area contributed by atoms with Crippen molar-refractivity contribution in [3.63, 3.8) is 0 Å². The molecule has 0 aliphatic heterocycles. The first-order valence-electron chi connectivity index (χ1n) is 6.94. The van der Waals surface area contributed by atoms with Crippen LogP contribution >= 0.6 is 0 Å². The average molecular weight is 304 g/mol. The molecule has 1 amide bonds. The molecule has 22 heavy (non-hydrogen) atoms. The van der Waals surface area contributed by atoms with E-state index in [-0.39, 0.29) is 12.3 Å². The Balaban J connectivity index is 1.95. The number of amides is 1. The predicted octanol–water partition coefficient (Wildman–Crippen LogP) is 2.17. The number of oxazole rings is 1. The van der Waals surface area contributed by atoms with Crippen molar-refractivity contribution in [2.45, 2.75) is 26.8 Å². The molecule has 0 radical (unpaired) electrons. The third kappa shape index (κ3) is 3.78.